The van der Waals surface area contributed by atoms with Crippen LogP contribution in [0, 0.1) is 5.41 Å². The van der Waals surface area contributed by atoms with Crippen molar-refractivity contribution in [3.05, 3.63) is 28.5 Å². The van der Waals surface area contributed by atoms with Crippen molar-refractivity contribution < 1.29 is 4.79 Å². The van der Waals surface area contributed by atoms with E-state index >= 15 is 0 Å². The van der Waals surface area contributed by atoms with Gasteiger partial charge in [0.15, 0.2) is 0 Å². The monoisotopic (exact) mass is 295 g/mol. The van der Waals surface area contributed by atoms with E-state index < -0.39 is 0 Å². The molecule has 1 saturated carbocycles. The summed E-state index contributed by atoms with van der Waals surface area (Å²) in [6, 6.07) is 3.88. The van der Waals surface area contributed by atoms with Crippen molar-refractivity contribution in [3.8, 4) is 0 Å². The molecule has 0 unspecified atom stereocenters. The van der Waals surface area contributed by atoms with Crippen molar-refractivity contribution in [1.82, 2.24) is 4.98 Å². The number of hydrogen-bond acceptors (Lipinski definition) is 2. The zero-order valence-corrected chi connectivity index (χ0v) is 11.8. The maximum absolute atomic E-state index is 12.4. The smallest absolute Gasteiger partial charge is 0.144 e. The molecule has 1 aromatic heterocycles. The highest BCUT2D eigenvalue weighted by Crippen LogP contribution is 2.42. The van der Waals surface area contributed by atoms with Crippen LogP contribution in [-0.4, -0.2) is 10.8 Å². The summed E-state index contributed by atoms with van der Waals surface area (Å²) in [5, 5.41) is 0. The van der Waals surface area contributed by atoms with E-state index in [-0.39, 0.29) is 5.41 Å². The molecular formula is C14H18BrNO. The minimum absolute atomic E-state index is 0.0469. The van der Waals surface area contributed by atoms with Crippen LogP contribution in [0.25, 0.3) is 0 Å². The van der Waals surface area contributed by atoms with Crippen LogP contribution in [0.5, 0.6) is 0 Å². The average Bonchev–Trinajstić information content (AvgIpc) is 2.82. The summed E-state index contributed by atoms with van der Waals surface area (Å²) in [5.74, 6) is 0.382. The van der Waals surface area contributed by atoms with E-state index in [1.165, 1.54) is 12.8 Å². The summed E-state index contributed by atoms with van der Waals surface area (Å²) < 4.78 is 0.958. The zero-order chi connectivity index (χ0) is 12.3. The second-order valence-corrected chi connectivity index (χ2v) is 5.82. The Morgan fingerprint density at radius 3 is 2.65 bits per heavy atom. The molecule has 0 N–H and O–H groups in total. The van der Waals surface area contributed by atoms with Crippen molar-refractivity contribution in [2.24, 2.45) is 5.41 Å². The number of nitrogens with zero attached hydrogens (tertiary/aromatic N) is 1. The Morgan fingerprint density at radius 2 is 2.12 bits per heavy atom. The third-order valence-corrected chi connectivity index (χ3v) is 4.43. The molecule has 0 saturated heterocycles. The van der Waals surface area contributed by atoms with Gasteiger partial charge in [0.2, 0.25) is 0 Å². The first-order valence-corrected chi connectivity index (χ1v) is 7.09. The van der Waals surface area contributed by atoms with E-state index in [2.05, 4.69) is 27.8 Å². The standard InChI is InChI=1S/C14H18BrNO/c1-2-14(7-3-4-8-14)13(17)9-12-6-5-11(15)10-16-12/h5-6,10H,2-4,7-9H2,1H3. The molecule has 0 aromatic carbocycles. The molecule has 2 nitrogen and oxygen atoms in total. The molecule has 0 atom stereocenters. The topological polar surface area (TPSA) is 30.0 Å². The van der Waals surface area contributed by atoms with Gasteiger partial charge in [-0.2, -0.15) is 0 Å². The number of ketones is 1. The maximum atomic E-state index is 12.4. The first kappa shape index (κ1) is 12.7. The van der Waals surface area contributed by atoms with Gasteiger partial charge in [-0.3, -0.25) is 9.78 Å². The molecular weight excluding hydrogens is 278 g/mol. The van der Waals surface area contributed by atoms with E-state index in [0.717, 1.165) is 29.4 Å². The van der Waals surface area contributed by atoms with Gasteiger partial charge in [-0.1, -0.05) is 19.8 Å². The molecule has 0 spiro atoms. The molecule has 0 radical (unpaired) electrons. The van der Waals surface area contributed by atoms with Crippen molar-refractivity contribution >= 4 is 21.7 Å². The van der Waals surface area contributed by atoms with E-state index in [1.807, 2.05) is 12.1 Å². The summed E-state index contributed by atoms with van der Waals surface area (Å²) >= 11 is 3.35. The number of aromatic nitrogens is 1. The quantitative estimate of drug-likeness (QED) is 0.842. The number of hydrogen-bond donors (Lipinski definition) is 0. The Balaban J connectivity index is 2.08. The Morgan fingerprint density at radius 1 is 1.41 bits per heavy atom. The van der Waals surface area contributed by atoms with Crippen molar-refractivity contribution in [1.29, 1.82) is 0 Å². The fraction of sp³-hybridized carbons (Fsp3) is 0.571. The van der Waals surface area contributed by atoms with Gasteiger partial charge >= 0.3 is 0 Å². The Hall–Kier alpha value is -0.700. The third kappa shape index (κ3) is 2.76. The van der Waals surface area contributed by atoms with Gasteiger partial charge < -0.3 is 0 Å². The number of Topliss-reactive ketones (excluding diaryl/α,β-unsaturated/α-hetero) is 1. The normalized spacial score (nSPS) is 18.2. The van der Waals surface area contributed by atoms with E-state index in [1.54, 1.807) is 6.20 Å². The molecule has 0 bridgehead atoms. The second kappa shape index (κ2) is 5.30. The maximum Gasteiger partial charge on any atom is 0.144 e. The van der Waals surface area contributed by atoms with Crippen LogP contribution in [-0.2, 0) is 11.2 Å². The fourth-order valence-corrected chi connectivity index (χ4v) is 2.98. The van der Waals surface area contributed by atoms with Gasteiger partial charge in [-0.05, 0) is 47.3 Å². The average molecular weight is 296 g/mol. The van der Waals surface area contributed by atoms with E-state index in [9.17, 15) is 4.79 Å². The lowest BCUT2D eigenvalue weighted by Crippen LogP contribution is -2.29. The van der Waals surface area contributed by atoms with E-state index in [4.69, 9.17) is 0 Å². The second-order valence-electron chi connectivity index (χ2n) is 4.91. The van der Waals surface area contributed by atoms with Crippen LogP contribution in [0.2, 0.25) is 0 Å². The summed E-state index contributed by atoms with van der Waals surface area (Å²) in [6.07, 6.45) is 7.76. The van der Waals surface area contributed by atoms with Crippen molar-refractivity contribution in [2.45, 2.75) is 45.4 Å². The summed E-state index contributed by atoms with van der Waals surface area (Å²) in [6.45, 7) is 2.14. The Kier molecular flexibility index (Phi) is 3.97. The number of rotatable bonds is 4. The lowest BCUT2D eigenvalue weighted by atomic mass is 9.77. The minimum Gasteiger partial charge on any atom is -0.299 e. The van der Waals surface area contributed by atoms with Gasteiger partial charge in [0.05, 0.1) is 0 Å². The molecule has 3 heteroatoms. The van der Waals surface area contributed by atoms with E-state index in [0.29, 0.717) is 12.2 Å². The number of pyridine rings is 1. The zero-order valence-electron chi connectivity index (χ0n) is 10.2. The number of carbonyl (C=O) groups is 1. The van der Waals surface area contributed by atoms with Gasteiger partial charge in [0.1, 0.15) is 5.78 Å². The molecule has 1 heterocycles. The van der Waals surface area contributed by atoms with Crippen LogP contribution in [0.3, 0.4) is 0 Å². The van der Waals surface area contributed by atoms with Crippen molar-refractivity contribution in [2.75, 3.05) is 0 Å². The highest BCUT2D eigenvalue weighted by atomic mass is 79.9. The van der Waals surface area contributed by atoms with Crippen LogP contribution in [0.4, 0.5) is 0 Å². The summed E-state index contributed by atoms with van der Waals surface area (Å²) in [5.41, 5.74) is 0.840. The van der Waals surface area contributed by atoms with Crippen LogP contribution >= 0.6 is 15.9 Å². The SMILES string of the molecule is CCC1(C(=O)Cc2ccc(Br)cn2)CCCC1. The first-order chi connectivity index (χ1) is 8.16. The predicted octanol–water partition coefficient (Wildman–Crippen LogP) is 3.93. The predicted molar refractivity (Wildman–Crippen MR) is 71.8 cm³/mol. The Bertz CT molecular complexity index is 393. The molecule has 92 valence electrons. The molecule has 1 fully saturated rings. The molecule has 1 aromatic rings. The summed E-state index contributed by atoms with van der Waals surface area (Å²) in [7, 11) is 0. The largest absolute Gasteiger partial charge is 0.299 e. The summed E-state index contributed by atoms with van der Waals surface area (Å²) in [4.78, 5) is 16.7. The Labute approximate surface area is 111 Å². The third-order valence-electron chi connectivity index (χ3n) is 3.96. The first-order valence-electron chi connectivity index (χ1n) is 6.30. The van der Waals surface area contributed by atoms with Crippen molar-refractivity contribution in [3.63, 3.8) is 0 Å². The number of carbonyl (C=O) groups excluding carboxylic acids is 1. The highest BCUT2D eigenvalue weighted by Gasteiger charge is 2.38. The molecule has 2 rings (SSSR count). The van der Waals surface area contributed by atoms with Gasteiger partial charge in [-0.25, -0.2) is 0 Å². The van der Waals surface area contributed by atoms with Gasteiger partial charge in [0, 0.05) is 28.2 Å². The molecule has 17 heavy (non-hydrogen) atoms. The lowest BCUT2D eigenvalue weighted by Gasteiger charge is -2.25. The molecule has 1 aliphatic rings. The minimum atomic E-state index is -0.0469. The van der Waals surface area contributed by atoms with Crippen LogP contribution in [0.15, 0.2) is 22.8 Å². The van der Waals surface area contributed by atoms with Gasteiger partial charge in [0.25, 0.3) is 0 Å². The highest BCUT2D eigenvalue weighted by molar-refractivity contribution is 9.10. The fourth-order valence-electron chi connectivity index (χ4n) is 2.74. The van der Waals surface area contributed by atoms with Crippen LogP contribution < -0.4 is 0 Å². The van der Waals surface area contributed by atoms with Gasteiger partial charge in [-0.15, -0.1) is 0 Å². The molecule has 0 amide bonds. The number of halogens is 1. The van der Waals surface area contributed by atoms with Crippen LogP contribution in [0.1, 0.15) is 44.7 Å². The molecule has 1 aliphatic carbocycles. The molecule has 0 aliphatic heterocycles. The lowest BCUT2D eigenvalue weighted by molar-refractivity contribution is -0.128.